The van der Waals surface area contributed by atoms with Crippen LogP contribution in [0.4, 0.5) is 0 Å². The van der Waals surface area contributed by atoms with Gasteiger partial charge in [0.25, 0.3) is 0 Å². The standard InChI is InChI=1S/C15H25NO3/c1-12(2)11-18-8-9-19-15-10-13(6-7-16)4-5-14(15)17-3/h4-5,10,12H,6-9,11,16H2,1-3H3. The molecule has 0 aromatic heterocycles. The Balaban J connectivity index is 2.48. The molecule has 0 aliphatic rings. The minimum Gasteiger partial charge on any atom is -0.493 e. The van der Waals surface area contributed by atoms with Crippen LogP contribution in [0.25, 0.3) is 0 Å². The molecule has 1 rings (SSSR count). The van der Waals surface area contributed by atoms with Crippen LogP contribution < -0.4 is 15.2 Å². The summed E-state index contributed by atoms with van der Waals surface area (Å²) in [5.74, 6) is 2.04. The highest BCUT2D eigenvalue weighted by atomic mass is 16.5. The second-order valence-electron chi connectivity index (χ2n) is 4.84. The van der Waals surface area contributed by atoms with Crippen molar-refractivity contribution in [1.29, 1.82) is 0 Å². The van der Waals surface area contributed by atoms with Crippen LogP contribution in [0.3, 0.4) is 0 Å². The van der Waals surface area contributed by atoms with Crippen LogP contribution in [-0.4, -0.2) is 33.5 Å². The second kappa shape index (κ2) is 8.77. The van der Waals surface area contributed by atoms with Crippen molar-refractivity contribution in [1.82, 2.24) is 0 Å². The van der Waals surface area contributed by atoms with E-state index in [4.69, 9.17) is 19.9 Å². The van der Waals surface area contributed by atoms with Gasteiger partial charge < -0.3 is 19.9 Å². The molecule has 0 saturated heterocycles. The lowest BCUT2D eigenvalue weighted by atomic mass is 10.1. The zero-order valence-corrected chi connectivity index (χ0v) is 12.1. The highest BCUT2D eigenvalue weighted by molar-refractivity contribution is 5.43. The summed E-state index contributed by atoms with van der Waals surface area (Å²) in [5.41, 5.74) is 6.71. The number of rotatable bonds is 9. The van der Waals surface area contributed by atoms with Crippen molar-refractivity contribution < 1.29 is 14.2 Å². The zero-order chi connectivity index (χ0) is 14.1. The summed E-state index contributed by atoms with van der Waals surface area (Å²) in [5, 5.41) is 0. The molecular weight excluding hydrogens is 242 g/mol. The first-order valence-electron chi connectivity index (χ1n) is 6.75. The van der Waals surface area contributed by atoms with Gasteiger partial charge in [-0.25, -0.2) is 0 Å². The lowest BCUT2D eigenvalue weighted by Crippen LogP contribution is -2.11. The number of ether oxygens (including phenoxy) is 3. The van der Waals surface area contributed by atoms with E-state index in [-0.39, 0.29) is 0 Å². The summed E-state index contributed by atoms with van der Waals surface area (Å²) in [6, 6.07) is 5.90. The van der Waals surface area contributed by atoms with Crippen molar-refractivity contribution in [3.63, 3.8) is 0 Å². The maximum Gasteiger partial charge on any atom is 0.161 e. The minimum absolute atomic E-state index is 0.523. The van der Waals surface area contributed by atoms with Gasteiger partial charge in [-0.15, -0.1) is 0 Å². The van der Waals surface area contributed by atoms with Gasteiger partial charge in [-0.3, -0.25) is 0 Å². The van der Waals surface area contributed by atoms with Crippen molar-refractivity contribution in [2.24, 2.45) is 11.7 Å². The maximum atomic E-state index is 5.71. The van der Waals surface area contributed by atoms with Crippen LogP contribution in [-0.2, 0) is 11.2 Å². The van der Waals surface area contributed by atoms with E-state index in [1.54, 1.807) is 7.11 Å². The third-order valence-corrected chi connectivity index (χ3v) is 2.60. The monoisotopic (exact) mass is 267 g/mol. The minimum atomic E-state index is 0.523. The van der Waals surface area contributed by atoms with Crippen molar-refractivity contribution >= 4 is 0 Å². The van der Waals surface area contributed by atoms with Gasteiger partial charge in [-0.05, 0) is 36.6 Å². The summed E-state index contributed by atoms with van der Waals surface area (Å²) < 4.78 is 16.5. The summed E-state index contributed by atoms with van der Waals surface area (Å²) in [4.78, 5) is 0. The molecule has 0 spiro atoms. The van der Waals surface area contributed by atoms with E-state index in [0.717, 1.165) is 30.1 Å². The molecule has 0 aliphatic carbocycles. The van der Waals surface area contributed by atoms with E-state index in [1.807, 2.05) is 18.2 Å². The molecule has 4 heteroatoms. The van der Waals surface area contributed by atoms with Crippen LogP contribution >= 0.6 is 0 Å². The van der Waals surface area contributed by atoms with Crippen LogP contribution in [0.1, 0.15) is 19.4 Å². The molecule has 0 unspecified atom stereocenters. The number of hydrogen-bond donors (Lipinski definition) is 1. The Morgan fingerprint density at radius 3 is 2.58 bits per heavy atom. The molecule has 108 valence electrons. The zero-order valence-electron chi connectivity index (χ0n) is 12.1. The number of methoxy groups -OCH3 is 1. The van der Waals surface area contributed by atoms with Crippen molar-refractivity contribution in [2.45, 2.75) is 20.3 Å². The Morgan fingerprint density at radius 2 is 1.95 bits per heavy atom. The average molecular weight is 267 g/mol. The highest BCUT2D eigenvalue weighted by Crippen LogP contribution is 2.28. The summed E-state index contributed by atoms with van der Waals surface area (Å²) in [7, 11) is 1.64. The number of nitrogens with two attached hydrogens (primary N) is 1. The first-order valence-corrected chi connectivity index (χ1v) is 6.75. The number of hydrogen-bond acceptors (Lipinski definition) is 4. The van der Waals surface area contributed by atoms with Crippen molar-refractivity contribution in [2.75, 3.05) is 33.5 Å². The summed E-state index contributed by atoms with van der Waals surface area (Å²) in [6.07, 6.45) is 0.838. The molecule has 1 aromatic carbocycles. The van der Waals surface area contributed by atoms with Gasteiger partial charge in [0.15, 0.2) is 11.5 Å². The van der Waals surface area contributed by atoms with E-state index < -0.39 is 0 Å². The predicted molar refractivity (Wildman–Crippen MR) is 76.9 cm³/mol. The summed E-state index contributed by atoms with van der Waals surface area (Å²) >= 11 is 0. The lowest BCUT2D eigenvalue weighted by Gasteiger charge is -2.13. The fourth-order valence-electron chi connectivity index (χ4n) is 1.69. The smallest absolute Gasteiger partial charge is 0.161 e. The van der Waals surface area contributed by atoms with Crippen LogP contribution in [0.2, 0.25) is 0 Å². The Bertz CT molecular complexity index is 366. The normalized spacial score (nSPS) is 10.8. The van der Waals surface area contributed by atoms with E-state index >= 15 is 0 Å². The highest BCUT2D eigenvalue weighted by Gasteiger charge is 2.05. The quantitative estimate of drug-likeness (QED) is 0.697. The van der Waals surface area contributed by atoms with E-state index in [9.17, 15) is 0 Å². The van der Waals surface area contributed by atoms with Gasteiger partial charge >= 0.3 is 0 Å². The third kappa shape index (κ3) is 5.94. The van der Waals surface area contributed by atoms with Gasteiger partial charge in [0, 0.05) is 6.61 Å². The Morgan fingerprint density at radius 1 is 1.16 bits per heavy atom. The SMILES string of the molecule is COc1ccc(CCN)cc1OCCOCC(C)C. The Hall–Kier alpha value is -1.26. The second-order valence-corrected chi connectivity index (χ2v) is 4.84. The van der Waals surface area contributed by atoms with Gasteiger partial charge in [0.05, 0.1) is 13.7 Å². The largest absolute Gasteiger partial charge is 0.493 e. The van der Waals surface area contributed by atoms with E-state index in [0.29, 0.717) is 25.7 Å². The van der Waals surface area contributed by atoms with Gasteiger partial charge in [0.2, 0.25) is 0 Å². The van der Waals surface area contributed by atoms with Crippen LogP contribution in [0.5, 0.6) is 11.5 Å². The Labute approximate surface area is 115 Å². The number of benzene rings is 1. The Kier molecular flexibility index (Phi) is 7.30. The topological polar surface area (TPSA) is 53.7 Å². The fraction of sp³-hybridized carbons (Fsp3) is 0.600. The first kappa shape index (κ1) is 15.8. The average Bonchev–Trinajstić information content (AvgIpc) is 2.38. The summed E-state index contributed by atoms with van der Waals surface area (Å²) in [6.45, 7) is 6.74. The molecular formula is C15H25NO3. The fourth-order valence-corrected chi connectivity index (χ4v) is 1.69. The third-order valence-electron chi connectivity index (χ3n) is 2.60. The maximum absolute atomic E-state index is 5.71. The molecule has 0 amide bonds. The molecule has 0 radical (unpaired) electrons. The van der Waals surface area contributed by atoms with Crippen molar-refractivity contribution in [3.8, 4) is 11.5 Å². The van der Waals surface area contributed by atoms with Gasteiger partial charge in [-0.1, -0.05) is 19.9 Å². The van der Waals surface area contributed by atoms with Crippen molar-refractivity contribution in [3.05, 3.63) is 23.8 Å². The molecule has 0 bridgehead atoms. The molecule has 0 aliphatic heterocycles. The van der Waals surface area contributed by atoms with Gasteiger partial charge in [0.1, 0.15) is 6.61 Å². The predicted octanol–water partition coefficient (Wildman–Crippen LogP) is 2.25. The van der Waals surface area contributed by atoms with E-state index in [2.05, 4.69) is 13.8 Å². The molecule has 0 atom stereocenters. The lowest BCUT2D eigenvalue weighted by molar-refractivity contribution is 0.0810. The molecule has 0 heterocycles. The van der Waals surface area contributed by atoms with Crippen LogP contribution in [0.15, 0.2) is 18.2 Å². The molecule has 2 N–H and O–H groups in total. The molecule has 4 nitrogen and oxygen atoms in total. The molecule has 19 heavy (non-hydrogen) atoms. The molecule has 0 fully saturated rings. The van der Waals surface area contributed by atoms with Crippen LogP contribution in [0, 0.1) is 5.92 Å². The van der Waals surface area contributed by atoms with Gasteiger partial charge in [-0.2, -0.15) is 0 Å². The first-order chi connectivity index (χ1) is 9.17. The molecule has 1 aromatic rings. The van der Waals surface area contributed by atoms with E-state index in [1.165, 1.54) is 0 Å². The molecule has 0 saturated carbocycles.